The van der Waals surface area contributed by atoms with Crippen molar-refractivity contribution in [2.75, 3.05) is 5.32 Å². The van der Waals surface area contributed by atoms with Gasteiger partial charge in [-0.15, -0.1) is 0 Å². The molecule has 26 heavy (non-hydrogen) atoms. The fourth-order valence-corrected chi connectivity index (χ4v) is 3.40. The molecule has 3 N–H and O–H groups in total. The fraction of sp³-hybridized carbons (Fsp3) is 0.200. The first-order valence-corrected chi connectivity index (χ1v) is 8.96. The predicted octanol–water partition coefficient (Wildman–Crippen LogP) is 4.54. The van der Waals surface area contributed by atoms with Crippen LogP contribution in [0.2, 0.25) is 5.02 Å². The van der Waals surface area contributed by atoms with Gasteiger partial charge < -0.3 is 10.3 Å². The Labute approximate surface area is 155 Å². The van der Waals surface area contributed by atoms with Gasteiger partial charge in [0.15, 0.2) is 0 Å². The van der Waals surface area contributed by atoms with E-state index in [4.69, 9.17) is 11.6 Å². The molecule has 0 aliphatic rings. The van der Waals surface area contributed by atoms with Crippen molar-refractivity contribution in [3.8, 4) is 0 Å². The van der Waals surface area contributed by atoms with Gasteiger partial charge in [0.05, 0.1) is 5.52 Å². The van der Waals surface area contributed by atoms with Crippen molar-refractivity contribution >= 4 is 39.1 Å². The maximum Gasteiger partial charge on any atom is 0.253 e. The van der Waals surface area contributed by atoms with Crippen molar-refractivity contribution < 1.29 is 0 Å². The molecule has 4 aromatic rings. The molecular formula is C20H19ClN4O. The van der Waals surface area contributed by atoms with Crippen LogP contribution in [-0.4, -0.2) is 15.2 Å². The standard InChI is InChI=1S/C20H19ClN4O/c1-3-16-15-9-18(11(2)6-19(15)25-24-16)22-10-13-7-12-8-14(21)4-5-17(12)23-20(13)26/h4-9,22H,3,10H2,1-2H3,(H,23,26)(H,24,25). The molecule has 0 saturated carbocycles. The Bertz CT molecular complexity index is 1180. The maximum absolute atomic E-state index is 12.4. The molecular weight excluding hydrogens is 348 g/mol. The number of pyridine rings is 1. The van der Waals surface area contributed by atoms with E-state index in [2.05, 4.69) is 39.6 Å². The third-order valence-corrected chi connectivity index (χ3v) is 4.92. The molecule has 0 spiro atoms. The van der Waals surface area contributed by atoms with Crippen LogP contribution in [0.3, 0.4) is 0 Å². The van der Waals surface area contributed by atoms with E-state index in [1.54, 1.807) is 6.07 Å². The molecule has 0 atom stereocenters. The number of nitrogens with one attached hydrogen (secondary N) is 3. The number of anilines is 1. The number of aryl methyl sites for hydroxylation is 2. The summed E-state index contributed by atoms with van der Waals surface area (Å²) >= 11 is 6.06. The third kappa shape index (κ3) is 2.95. The summed E-state index contributed by atoms with van der Waals surface area (Å²) in [6, 6.07) is 11.5. The smallest absolute Gasteiger partial charge is 0.253 e. The fourth-order valence-electron chi connectivity index (χ4n) is 3.22. The van der Waals surface area contributed by atoms with E-state index in [0.717, 1.165) is 45.2 Å². The lowest BCUT2D eigenvalue weighted by Gasteiger charge is -2.10. The zero-order chi connectivity index (χ0) is 18.3. The number of rotatable bonds is 4. The number of aromatic amines is 2. The first-order chi connectivity index (χ1) is 12.5. The molecule has 4 rings (SSSR count). The van der Waals surface area contributed by atoms with Gasteiger partial charge in [0.1, 0.15) is 0 Å². The summed E-state index contributed by atoms with van der Waals surface area (Å²) < 4.78 is 0. The average Bonchev–Trinajstić information content (AvgIpc) is 3.01. The molecule has 0 amide bonds. The summed E-state index contributed by atoms with van der Waals surface area (Å²) in [4.78, 5) is 15.3. The molecule has 132 valence electrons. The van der Waals surface area contributed by atoms with Gasteiger partial charge in [0, 0.05) is 44.8 Å². The van der Waals surface area contributed by atoms with E-state index in [1.165, 1.54) is 0 Å². The van der Waals surface area contributed by atoms with Gasteiger partial charge in [-0.1, -0.05) is 18.5 Å². The zero-order valence-electron chi connectivity index (χ0n) is 14.6. The summed E-state index contributed by atoms with van der Waals surface area (Å²) in [6.45, 7) is 4.57. The highest BCUT2D eigenvalue weighted by molar-refractivity contribution is 6.31. The summed E-state index contributed by atoms with van der Waals surface area (Å²) in [6.07, 6.45) is 0.893. The SMILES string of the molecule is CCc1[nH]nc2cc(C)c(NCc3cc4cc(Cl)ccc4[nH]c3=O)cc12. The summed E-state index contributed by atoms with van der Waals surface area (Å²) in [5.41, 5.74) is 5.52. The predicted molar refractivity (Wildman–Crippen MR) is 107 cm³/mol. The van der Waals surface area contributed by atoms with Gasteiger partial charge in [-0.2, -0.15) is 5.10 Å². The Morgan fingerprint density at radius 3 is 2.85 bits per heavy atom. The van der Waals surface area contributed by atoms with Gasteiger partial charge in [-0.25, -0.2) is 0 Å². The van der Waals surface area contributed by atoms with Gasteiger partial charge in [0.2, 0.25) is 0 Å². The molecule has 0 unspecified atom stereocenters. The van der Waals surface area contributed by atoms with Crippen LogP contribution in [0.4, 0.5) is 5.69 Å². The van der Waals surface area contributed by atoms with Crippen molar-refractivity contribution in [3.05, 3.63) is 68.6 Å². The minimum absolute atomic E-state index is 0.0939. The molecule has 2 aromatic carbocycles. The van der Waals surface area contributed by atoms with Crippen molar-refractivity contribution in [1.29, 1.82) is 0 Å². The second-order valence-electron chi connectivity index (χ2n) is 6.45. The Morgan fingerprint density at radius 2 is 2.04 bits per heavy atom. The largest absolute Gasteiger partial charge is 0.381 e. The molecule has 0 aliphatic carbocycles. The van der Waals surface area contributed by atoms with Gasteiger partial charge in [0.25, 0.3) is 5.56 Å². The van der Waals surface area contributed by atoms with Crippen molar-refractivity contribution in [2.45, 2.75) is 26.8 Å². The number of halogens is 1. The second-order valence-corrected chi connectivity index (χ2v) is 6.89. The normalized spacial score (nSPS) is 11.3. The topological polar surface area (TPSA) is 73.6 Å². The maximum atomic E-state index is 12.4. The van der Waals surface area contributed by atoms with E-state index in [0.29, 0.717) is 17.1 Å². The minimum atomic E-state index is -0.0939. The van der Waals surface area contributed by atoms with Gasteiger partial charge in [-0.05, 0) is 55.3 Å². The number of aromatic nitrogens is 3. The van der Waals surface area contributed by atoms with Crippen LogP contribution in [0.25, 0.3) is 21.8 Å². The molecule has 5 nitrogen and oxygen atoms in total. The van der Waals surface area contributed by atoms with Crippen molar-refractivity contribution in [2.24, 2.45) is 0 Å². The highest BCUT2D eigenvalue weighted by Gasteiger charge is 2.09. The van der Waals surface area contributed by atoms with Crippen LogP contribution >= 0.6 is 11.6 Å². The Kier molecular flexibility index (Phi) is 4.17. The quantitative estimate of drug-likeness (QED) is 0.496. The van der Waals surface area contributed by atoms with Crippen molar-refractivity contribution in [3.63, 3.8) is 0 Å². The zero-order valence-corrected chi connectivity index (χ0v) is 15.4. The number of hydrogen-bond donors (Lipinski definition) is 3. The second kappa shape index (κ2) is 6.50. The molecule has 0 radical (unpaired) electrons. The third-order valence-electron chi connectivity index (χ3n) is 4.69. The van der Waals surface area contributed by atoms with Crippen LogP contribution in [0.15, 0.2) is 41.2 Å². The lowest BCUT2D eigenvalue weighted by Crippen LogP contribution is -2.15. The molecule has 0 fully saturated rings. The lowest BCUT2D eigenvalue weighted by atomic mass is 10.1. The first-order valence-electron chi connectivity index (χ1n) is 8.58. The Balaban J connectivity index is 1.67. The number of nitrogens with zero attached hydrogens (tertiary/aromatic N) is 1. The monoisotopic (exact) mass is 366 g/mol. The van der Waals surface area contributed by atoms with Gasteiger partial charge in [-0.3, -0.25) is 9.89 Å². The van der Waals surface area contributed by atoms with E-state index >= 15 is 0 Å². The summed E-state index contributed by atoms with van der Waals surface area (Å²) in [5.74, 6) is 0. The number of H-pyrrole nitrogens is 2. The Hall–Kier alpha value is -2.79. The van der Waals surface area contributed by atoms with E-state index in [-0.39, 0.29) is 5.56 Å². The van der Waals surface area contributed by atoms with Gasteiger partial charge >= 0.3 is 0 Å². The summed E-state index contributed by atoms with van der Waals surface area (Å²) in [7, 11) is 0. The van der Waals surface area contributed by atoms with E-state index in [1.807, 2.05) is 25.1 Å². The van der Waals surface area contributed by atoms with E-state index < -0.39 is 0 Å². The van der Waals surface area contributed by atoms with Crippen LogP contribution in [0.1, 0.15) is 23.7 Å². The number of hydrogen-bond acceptors (Lipinski definition) is 3. The molecule has 6 heteroatoms. The highest BCUT2D eigenvalue weighted by atomic mass is 35.5. The molecule has 0 aliphatic heterocycles. The van der Waals surface area contributed by atoms with Crippen molar-refractivity contribution in [1.82, 2.24) is 15.2 Å². The molecule has 0 bridgehead atoms. The number of fused-ring (bicyclic) bond motifs is 2. The summed E-state index contributed by atoms with van der Waals surface area (Å²) in [5, 5.41) is 13.5. The minimum Gasteiger partial charge on any atom is -0.381 e. The molecule has 2 heterocycles. The molecule has 0 saturated heterocycles. The number of benzene rings is 2. The van der Waals surface area contributed by atoms with Crippen LogP contribution in [0.5, 0.6) is 0 Å². The van der Waals surface area contributed by atoms with E-state index in [9.17, 15) is 4.79 Å². The van der Waals surface area contributed by atoms with Crippen LogP contribution < -0.4 is 10.9 Å². The van der Waals surface area contributed by atoms with Crippen LogP contribution in [-0.2, 0) is 13.0 Å². The Morgan fingerprint density at radius 1 is 1.19 bits per heavy atom. The average molecular weight is 367 g/mol. The molecule has 2 aromatic heterocycles. The first kappa shape index (κ1) is 16.7. The lowest BCUT2D eigenvalue weighted by molar-refractivity contribution is 0.988. The van der Waals surface area contributed by atoms with Crippen LogP contribution in [0, 0.1) is 6.92 Å². The highest BCUT2D eigenvalue weighted by Crippen LogP contribution is 2.25.